The average molecular weight is 705 g/mol. The van der Waals surface area contributed by atoms with Gasteiger partial charge in [0.25, 0.3) is 0 Å². The molecule has 0 aromatic heterocycles. The van der Waals surface area contributed by atoms with Crippen LogP contribution in [0.1, 0.15) is 13.3 Å². The molecule has 1 aliphatic rings. The van der Waals surface area contributed by atoms with Gasteiger partial charge in [-0.1, -0.05) is 6.92 Å². The number of hydrogen-bond donors (Lipinski definition) is 2. The normalized spacial score (nSPS) is 19.4. The number of β-amino-alcohol motifs (C(OH)–C–C–N with tert-alkyl or cyclic N) is 1. The second-order valence-corrected chi connectivity index (χ2v) is 10.7. The van der Waals surface area contributed by atoms with Gasteiger partial charge < -0.3 is 24.2 Å². The monoisotopic (exact) mass is 705 g/mol. The molecule has 1 saturated heterocycles. The molecule has 0 amide bonds. The summed E-state index contributed by atoms with van der Waals surface area (Å²) < 4.78 is 217. The Labute approximate surface area is 246 Å². The van der Waals surface area contributed by atoms with Crippen molar-refractivity contribution in [2.75, 3.05) is 72.2 Å². The molecule has 6 nitrogen and oxygen atoms in total. The molecular formula is C23H33F16N2O4+. The summed E-state index contributed by atoms with van der Waals surface area (Å²) in [5.41, 5.74) is 0. The van der Waals surface area contributed by atoms with Gasteiger partial charge in [-0.25, -0.2) is 17.6 Å². The number of halogens is 16. The molecule has 2 atom stereocenters. The third-order valence-corrected chi connectivity index (χ3v) is 7.04. The number of ether oxygens (including phenoxy) is 2. The van der Waals surface area contributed by atoms with E-state index < -0.39 is 87.0 Å². The van der Waals surface area contributed by atoms with Gasteiger partial charge in [-0.2, -0.15) is 52.7 Å². The minimum atomic E-state index is -6.48. The number of piperazine rings is 1. The van der Waals surface area contributed by atoms with Gasteiger partial charge in [-0.05, 0) is 6.42 Å². The molecule has 0 aromatic carbocycles. The van der Waals surface area contributed by atoms with Crippen molar-refractivity contribution in [1.82, 2.24) is 4.90 Å². The summed E-state index contributed by atoms with van der Waals surface area (Å²) in [6.45, 7) is -4.96. The van der Waals surface area contributed by atoms with E-state index in [0.29, 0.717) is 13.0 Å². The first-order chi connectivity index (χ1) is 20.2. The van der Waals surface area contributed by atoms with E-state index in [1.165, 1.54) is 4.90 Å². The fraction of sp³-hybridized carbons (Fsp3) is 1.00. The van der Waals surface area contributed by atoms with E-state index in [-0.39, 0.29) is 43.8 Å². The predicted molar refractivity (Wildman–Crippen MR) is 122 cm³/mol. The predicted octanol–water partition coefficient (Wildman–Crippen LogP) is 4.63. The Morgan fingerprint density at radius 1 is 0.667 bits per heavy atom. The molecule has 270 valence electrons. The fourth-order valence-corrected chi connectivity index (χ4v) is 4.52. The summed E-state index contributed by atoms with van der Waals surface area (Å²) in [6.07, 6.45) is -13.0. The largest absolute Gasteiger partial charge is 0.389 e. The summed E-state index contributed by atoms with van der Waals surface area (Å²) in [4.78, 5) is 1.51. The zero-order valence-corrected chi connectivity index (χ0v) is 23.4. The van der Waals surface area contributed by atoms with Crippen LogP contribution in [0.15, 0.2) is 0 Å². The first-order valence-electron chi connectivity index (χ1n) is 13.1. The summed E-state index contributed by atoms with van der Waals surface area (Å²) in [6, 6.07) is 0. The first kappa shape index (κ1) is 41.7. The molecule has 1 aliphatic heterocycles. The first-order valence-corrected chi connectivity index (χ1v) is 13.1. The lowest BCUT2D eigenvalue weighted by atomic mass is 10.1. The van der Waals surface area contributed by atoms with Gasteiger partial charge in [0, 0.05) is 19.6 Å². The topological polar surface area (TPSA) is 62.2 Å². The van der Waals surface area contributed by atoms with Gasteiger partial charge in [0.05, 0.1) is 39.0 Å². The quantitative estimate of drug-likeness (QED) is 0.143. The van der Waals surface area contributed by atoms with E-state index >= 15 is 0 Å². The zero-order chi connectivity index (χ0) is 35.3. The van der Waals surface area contributed by atoms with Crippen molar-refractivity contribution in [1.29, 1.82) is 0 Å². The maximum atomic E-state index is 13.6. The third kappa shape index (κ3) is 9.60. The maximum absolute atomic E-state index is 13.6. The van der Waals surface area contributed by atoms with E-state index in [0.717, 1.165) is 0 Å². The van der Waals surface area contributed by atoms with Gasteiger partial charge in [0.2, 0.25) is 0 Å². The van der Waals surface area contributed by atoms with Crippen molar-refractivity contribution in [3.8, 4) is 0 Å². The van der Waals surface area contributed by atoms with Crippen molar-refractivity contribution in [3.63, 3.8) is 0 Å². The molecule has 0 aliphatic carbocycles. The number of rotatable bonds is 20. The van der Waals surface area contributed by atoms with Crippen LogP contribution >= 0.6 is 0 Å². The Bertz CT molecular complexity index is 904. The summed E-state index contributed by atoms with van der Waals surface area (Å²) in [7, 11) is 0. The zero-order valence-electron chi connectivity index (χ0n) is 23.4. The minimum Gasteiger partial charge on any atom is -0.389 e. The Morgan fingerprint density at radius 2 is 1.04 bits per heavy atom. The summed E-state index contributed by atoms with van der Waals surface area (Å²) >= 11 is 0. The molecule has 1 rings (SSSR count). The standard InChI is InChI=1S/C23H33F16N2O4/c1-2-5-41(9-15(43)11-45-13-19(30,31)23(38,39)21(34,35)17(26)27)6-3-40(4-7-41)8-14(42)10-44-12-18(28,29)22(36,37)20(32,33)16(24)25/h14-17,42-43H,2-13H2,1H3/q+1. The van der Waals surface area contributed by atoms with Crippen molar-refractivity contribution in [2.45, 2.75) is 73.9 Å². The lowest BCUT2D eigenvalue weighted by molar-refractivity contribution is -0.934. The molecule has 2 unspecified atom stereocenters. The molecular weight excluding hydrogens is 672 g/mol. The fourth-order valence-electron chi connectivity index (χ4n) is 4.52. The Morgan fingerprint density at radius 3 is 1.40 bits per heavy atom. The van der Waals surface area contributed by atoms with Crippen LogP contribution in [0, 0.1) is 0 Å². The Kier molecular flexibility index (Phi) is 14.1. The highest BCUT2D eigenvalue weighted by molar-refractivity contribution is 4.98. The Hall–Kier alpha value is -1.36. The van der Waals surface area contributed by atoms with Crippen molar-refractivity contribution >= 4 is 0 Å². The van der Waals surface area contributed by atoms with Crippen LogP contribution in [0.25, 0.3) is 0 Å². The van der Waals surface area contributed by atoms with Crippen LogP contribution in [-0.4, -0.2) is 152 Å². The number of nitrogens with zero attached hydrogens (tertiary/aromatic N) is 2. The average Bonchev–Trinajstić information content (AvgIpc) is 2.89. The second kappa shape index (κ2) is 15.2. The molecule has 0 spiro atoms. The van der Waals surface area contributed by atoms with Gasteiger partial charge in [-0.15, -0.1) is 0 Å². The van der Waals surface area contributed by atoms with Crippen molar-refractivity contribution < 1.29 is 94.4 Å². The lowest BCUT2D eigenvalue weighted by Crippen LogP contribution is -2.63. The molecule has 1 fully saturated rings. The lowest BCUT2D eigenvalue weighted by Gasteiger charge is -2.46. The number of aliphatic hydroxyl groups is 2. The Balaban J connectivity index is 2.64. The number of hydrogen-bond acceptors (Lipinski definition) is 5. The summed E-state index contributed by atoms with van der Waals surface area (Å²) in [5, 5.41) is 20.2. The van der Waals surface area contributed by atoms with E-state index in [1.54, 1.807) is 6.92 Å². The van der Waals surface area contributed by atoms with Gasteiger partial charge in [-0.3, -0.25) is 4.90 Å². The highest BCUT2D eigenvalue weighted by Crippen LogP contribution is 2.49. The smallest absolute Gasteiger partial charge is 0.380 e. The number of quaternary nitrogens is 1. The number of alkyl halides is 16. The van der Waals surface area contributed by atoms with Gasteiger partial charge >= 0.3 is 48.4 Å². The minimum absolute atomic E-state index is 0.0553. The van der Waals surface area contributed by atoms with Crippen LogP contribution < -0.4 is 0 Å². The molecule has 0 radical (unpaired) electrons. The molecule has 0 bridgehead atoms. The molecule has 0 aromatic rings. The number of aliphatic hydroxyl groups excluding tert-OH is 2. The highest BCUT2D eigenvalue weighted by atomic mass is 19.4. The molecule has 22 heteroatoms. The van der Waals surface area contributed by atoms with E-state index in [1.807, 2.05) is 0 Å². The van der Waals surface area contributed by atoms with Crippen molar-refractivity contribution in [3.05, 3.63) is 0 Å². The van der Waals surface area contributed by atoms with Crippen LogP contribution in [0.5, 0.6) is 0 Å². The molecule has 0 saturated carbocycles. The maximum Gasteiger partial charge on any atom is 0.380 e. The van der Waals surface area contributed by atoms with E-state index in [2.05, 4.69) is 9.47 Å². The third-order valence-electron chi connectivity index (χ3n) is 7.04. The van der Waals surface area contributed by atoms with Gasteiger partial charge in [0.1, 0.15) is 25.9 Å². The highest BCUT2D eigenvalue weighted by Gasteiger charge is 2.76. The van der Waals surface area contributed by atoms with E-state index in [4.69, 9.17) is 0 Å². The van der Waals surface area contributed by atoms with E-state index in [9.17, 15) is 80.5 Å². The van der Waals surface area contributed by atoms with Crippen LogP contribution in [0.4, 0.5) is 70.2 Å². The van der Waals surface area contributed by atoms with Crippen LogP contribution in [0.2, 0.25) is 0 Å². The molecule has 2 N–H and O–H groups in total. The van der Waals surface area contributed by atoms with Crippen LogP contribution in [0.3, 0.4) is 0 Å². The second-order valence-electron chi connectivity index (χ2n) is 10.7. The SMILES string of the molecule is CCC[N+]1(CC(O)COCC(F)(F)C(F)(F)C(F)(F)C(F)F)CCN(CC(O)COCC(F)(F)C(F)(F)C(F)(F)C(F)F)CC1. The molecule has 45 heavy (non-hydrogen) atoms. The van der Waals surface area contributed by atoms with Crippen LogP contribution in [-0.2, 0) is 9.47 Å². The van der Waals surface area contributed by atoms with Gasteiger partial charge in [0.15, 0.2) is 0 Å². The van der Waals surface area contributed by atoms with Crippen molar-refractivity contribution in [2.24, 2.45) is 0 Å². The molecule has 1 heterocycles. The summed E-state index contributed by atoms with van der Waals surface area (Å²) in [5.74, 6) is -37.2.